The predicted octanol–water partition coefficient (Wildman–Crippen LogP) is 1.94. The van der Waals surface area contributed by atoms with E-state index in [9.17, 15) is 9.59 Å². The minimum atomic E-state index is -0.387. The molecule has 2 N–H and O–H groups in total. The average molecular weight is 258 g/mol. The maximum absolute atomic E-state index is 12.0. The predicted molar refractivity (Wildman–Crippen MR) is 72.7 cm³/mol. The number of carbonyl (C=O) groups excluding carboxylic acids is 1. The van der Waals surface area contributed by atoms with Crippen LogP contribution in [0.2, 0.25) is 0 Å². The summed E-state index contributed by atoms with van der Waals surface area (Å²) in [7, 11) is 1.53. The lowest BCUT2D eigenvalue weighted by atomic mass is 10.2. The summed E-state index contributed by atoms with van der Waals surface area (Å²) in [6.07, 6.45) is 1.44. The van der Waals surface area contributed by atoms with Gasteiger partial charge in [-0.05, 0) is 24.6 Å². The minimum absolute atomic E-state index is 0.205. The van der Waals surface area contributed by atoms with Crippen LogP contribution in [0, 0.1) is 6.92 Å². The molecule has 0 atom stereocenters. The number of methoxy groups -OCH3 is 1. The molecule has 98 valence electrons. The first-order chi connectivity index (χ1) is 9.10. The highest BCUT2D eigenvalue weighted by Crippen LogP contribution is 2.25. The van der Waals surface area contributed by atoms with Gasteiger partial charge in [-0.15, -0.1) is 0 Å². The van der Waals surface area contributed by atoms with Crippen molar-refractivity contribution in [2.24, 2.45) is 0 Å². The molecule has 2 aromatic rings. The fourth-order valence-corrected chi connectivity index (χ4v) is 1.69. The molecule has 19 heavy (non-hydrogen) atoms. The Labute approximate surface area is 110 Å². The summed E-state index contributed by atoms with van der Waals surface area (Å²) < 4.78 is 5.17. The van der Waals surface area contributed by atoms with E-state index >= 15 is 0 Å². The molecular weight excluding hydrogens is 244 g/mol. The van der Waals surface area contributed by atoms with Gasteiger partial charge in [-0.1, -0.05) is 6.07 Å². The Morgan fingerprint density at radius 2 is 2.05 bits per heavy atom. The van der Waals surface area contributed by atoms with Gasteiger partial charge >= 0.3 is 0 Å². The Kier molecular flexibility index (Phi) is 3.66. The van der Waals surface area contributed by atoms with E-state index in [0.717, 1.165) is 5.56 Å². The first kappa shape index (κ1) is 12.9. The van der Waals surface area contributed by atoms with Crippen LogP contribution in [0.5, 0.6) is 5.75 Å². The fourth-order valence-electron chi connectivity index (χ4n) is 1.69. The maximum atomic E-state index is 12.0. The molecule has 0 saturated carbocycles. The molecule has 1 aromatic carbocycles. The van der Waals surface area contributed by atoms with Gasteiger partial charge in [-0.25, -0.2) is 0 Å². The van der Waals surface area contributed by atoms with Crippen LogP contribution in [0.25, 0.3) is 0 Å². The number of H-pyrrole nitrogens is 1. The van der Waals surface area contributed by atoms with E-state index in [1.54, 1.807) is 12.1 Å². The lowest BCUT2D eigenvalue weighted by molar-refractivity contribution is 0.102. The van der Waals surface area contributed by atoms with Crippen LogP contribution in [0.1, 0.15) is 16.1 Å². The van der Waals surface area contributed by atoms with Gasteiger partial charge < -0.3 is 15.0 Å². The molecule has 5 heteroatoms. The molecule has 0 aliphatic heterocycles. The molecule has 0 spiro atoms. The zero-order valence-electron chi connectivity index (χ0n) is 10.7. The van der Waals surface area contributed by atoms with Gasteiger partial charge in [0.1, 0.15) is 11.4 Å². The van der Waals surface area contributed by atoms with Crippen molar-refractivity contribution in [1.29, 1.82) is 0 Å². The molecule has 0 fully saturated rings. The number of ether oxygens (including phenoxy) is 1. The molecule has 0 aliphatic rings. The van der Waals surface area contributed by atoms with Crippen LogP contribution < -0.4 is 15.5 Å². The molecule has 5 nitrogen and oxygen atoms in total. The SMILES string of the molecule is COc1ccc(C)cc1NC(=O)c1cc(=O)cc[nH]1. The van der Waals surface area contributed by atoms with Crippen molar-refractivity contribution < 1.29 is 9.53 Å². The van der Waals surface area contributed by atoms with E-state index in [1.165, 1.54) is 25.4 Å². The summed E-state index contributed by atoms with van der Waals surface area (Å²) >= 11 is 0. The molecule has 1 aromatic heterocycles. The van der Waals surface area contributed by atoms with Crippen LogP contribution in [-0.4, -0.2) is 18.0 Å². The van der Waals surface area contributed by atoms with E-state index in [0.29, 0.717) is 11.4 Å². The van der Waals surface area contributed by atoms with Crippen LogP contribution in [0.15, 0.2) is 41.3 Å². The molecule has 0 aliphatic carbocycles. The number of nitrogens with one attached hydrogen (secondary N) is 2. The lowest BCUT2D eigenvalue weighted by Gasteiger charge is -2.10. The second-order valence-corrected chi connectivity index (χ2v) is 4.10. The number of aryl methyl sites for hydroxylation is 1. The van der Waals surface area contributed by atoms with E-state index in [4.69, 9.17) is 4.74 Å². The quantitative estimate of drug-likeness (QED) is 0.883. The van der Waals surface area contributed by atoms with Crippen molar-refractivity contribution in [3.8, 4) is 5.75 Å². The molecule has 0 saturated heterocycles. The van der Waals surface area contributed by atoms with Crippen LogP contribution in [0.3, 0.4) is 0 Å². The van der Waals surface area contributed by atoms with Crippen molar-refractivity contribution in [2.45, 2.75) is 6.92 Å². The third-order valence-corrected chi connectivity index (χ3v) is 2.62. The Hall–Kier alpha value is -2.56. The van der Waals surface area contributed by atoms with E-state index in [1.807, 2.05) is 13.0 Å². The third kappa shape index (κ3) is 3.01. The molecule has 0 radical (unpaired) electrons. The highest BCUT2D eigenvalue weighted by molar-refractivity contribution is 6.03. The number of anilines is 1. The summed E-state index contributed by atoms with van der Waals surface area (Å²) in [5.74, 6) is 0.179. The van der Waals surface area contributed by atoms with Gasteiger partial charge in [0.25, 0.3) is 5.91 Å². The Balaban J connectivity index is 2.28. The minimum Gasteiger partial charge on any atom is -0.495 e. The summed E-state index contributed by atoms with van der Waals surface area (Å²) in [5.41, 5.74) is 1.55. The summed E-state index contributed by atoms with van der Waals surface area (Å²) in [4.78, 5) is 25.9. The number of pyridine rings is 1. The zero-order chi connectivity index (χ0) is 13.8. The molecule has 1 heterocycles. The average Bonchev–Trinajstić information content (AvgIpc) is 2.39. The highest BCUT2D eigenvalue weighted by atomic mass is 16.5. The molecule has 0 unspecified atom stereocenters. The monoisotopic (exact) mass is 258 g/mol. The van der Waals surface area contributed by atoms with Gasteiger partial charge in [0.15, 0.2) is 5.43 Å². The lowest BCUT2D eigenvalue weighted by Crippen LogP contribution is -2.16. The first-order valence-electron chi connectivity index (χ1n) is 5.75. The standard InChI is InChI=1S/C14H14N2O3/c1-9-3-4-13(19-2)11(7-9)16-14(18)12-8-10(17)5-6-15-12/h3-8H,1-2H3,(H,15,17)(H,16,18). The number of hydrogen-bond donors (Lipinski definition) is 2. The van der Waals surface area contributed by atoms with Crippen molar-refractivity contribution in [3.63, 3.8) is 0 Å². The number of hydrogen-bond acceptors (Lipinski definition) is 3. The highest BCUT2D eigenvalue weighted by Gasteiger charge is 2.10. The maximum Gasteiger partial charge on any atom is 0.272 e. The third-order valence-electron chi connectivity index (χ3n) is 2.62. The van der Waals surface area contributed by atoms with E-state index in [2.05, 4.69) is 10.3 Å². The Morgan fingerprint density at radius 3 is 2.74 bits per heavy atom. The number of aromatic amines is 1. The Morgan fingerprint density at radius 1 is 1.26 bits per heavy atom. The van der Waals surface area contributed by atoms with E-state index in [-0.39, 0.29) is 17.0 Å². The number of rotatable bonds is 3. The second kappa shape index (κ2) is 5.39. The van der Waals surface area contributed by atoms with Crippen molar-refractivity contribution in [1.82, 2.24) is 4.98 Å². The van der Waals surface area contributed by atoms with E-state index < -0.39 is 0 Å². The van der Waals surface area contributed by atoms with Crippen molar-refractivity contribution in [3.05, 3.63) is 58.0 Å². The Bertz CT molecular complexity index is 662. The largest absolute Gasteiger partial charge is 0.495 e. The van der Waals surface area contributed by atoms with Gasteiger partial charge in [-0.3, -0.25) is 9.59 Å². The molecular formula is C14H14N2O3. The van der Waals surface area contributed by atoms with Crippen LogP contribution in [-0.2, 0) is 0 Å². The van der Waals surface area contributed by atoms with Crippen LogP contribution >= 0.6 is 0 Å². The smallest absolute Gasteiger partial charge is 0.272 e. The number of carbonyl (C=O) groups is 1. The molecule has 2 rings (SSSR count). The van der Waals surface area contributed by atoms with Gasteiger partial charge in [0.2, 0.25) is 0 Å². The molecule has 0 bridgehead atoms. The normalized spacial score (nSPS) is 10.0. The first-order valence-corrected chi connectivity index (χ1v) is 5.75. The zero-order valence-corrected chi connectivity index (χ0v) is 10.7. The van der Waals surface area contributed by atoms with Crippen LogP contribution in [0.4, 0.5) is 5.69 Å². The fraction of sp³-hybridized carbons (Fsp3) is 0.143. The summed E-state index contributed by atoms with van der Waals surface area (Å²) in [5, 5.41) is 2.71. The van der Waals surface area contributed by atoms with Gasteiger partial charge in [-0.2, -0.15) is 0 Å². The number of amides is 1. The number of benzene rings is 1. The van der Waals surface area contributed by atoms with Gasteiger partial charge in [0, 0.05) is 18.3 Å². The second-order valence-electron chi connectivity index (χ2n) is 4.10. The summed E-state index contributed by atoms with van der Waals surface area (Å²) in [6.45, 7) is 1.92. The van der Waals surface area contributed by atoms with Crippen molar-refractivity contribution in [2.75, 3.05) is 12.4 Å². The van der Waals surface area contributed by atoms with Crippen molar-refractivity contribution >= 4 is 11.6 Å². The van der Waals surface area contributed by atoms with Gasteiger partial charge in [0.05, 0.1) is 12.8 Å². The number of aromatic nitrogens is 1. The topological polar surface area (TPSA) is 71.2 Å². The summed E-state index contributed by atoms with van der Waals surface area (Å²) in [6, 6.07) is 8.07. The molecule has 1 amide bonds.